The second-order valence-electron chi connectivity index (χ2n) is 4.65. The van der Waals surface area contributed by atoms with Gasteiger partial charge < -0.3 is 10.6 Å². The van der Waals surface area contributed by atoms with Gasteiger partial charge in [-0.2, -0.15) is 0 Å². The van der Waals surface area contributed by atoms with Crippen molar-refractivity contribution in [2.24, 2.45) is 0 Å². The lowest BCUT2D eigenvalue weighted by atomic mass is 10.2. The van der Waals surface area contributed by atoms with Crippen LogP contribution in [0, 0.1) is 5.82 Å². The first-order chi connectivity index (χ1) is 9.49. The van der Waals surface area contributed by atoms with Crippen molar-refractivity contribution in [3.63, 3.8) is 0 Å². The maximum Gasteiger partial charge on any atom is 0.136 e. The van der Waals surface area contributed by atoms with Gasteiger partial charge in [0.2, 0.25) is 0 Å². The number of nitrogens with one attached hydrogen (secondary N) is 2. The number of nitrogens with zero attached hydrogens (tertiary/aromatic N) is 2. The number of aromatic nitrogens is 2. The third-order valence-electron chi connectivity index (χ3n) is 2.71. The average molecular weight is 295 g/mol. The highest BCUT2D eigenvalue weighted by molar-refractivity contribution is 6.33. The molecule has 1 heterocycles. The number of halogens is 2. The topological polar surface area (TPSA) is 49.8 Å². The molecule has 0 bridgehead atoms. The summed E-state index contributed by atoms with van der Waals surface area (Å²) >= 11 is 5.99. The normalized spacial score (nSPS) is 10.7. The first-order valence-electron chi connectivity index (χ1n) is 6.28. The van der Waals surface area contributed by atoms with Crippen LogP contribution >= 0.6 is 11.6 Å². The van der Waals surface area contributed by atoms with Crippen molar-refractivity contribution < 1.29 is 4.39 Å². The van der Waals surface area contributed by atoms with Crippen LogP contribution in [0.4, 0.5) is 21.7 Å². The van der Waals surface area contributed by atoms with Crippen molar-refractivity contribution >= 4 is 28.9 Å². The third-order valence-corrected chi connectivity index (χ3v) is 3.02. The number of benzene rings is 1. The smallest absolute Gasteiger partial charge is 0.136 e. The number of hydrogen-bond donors (Lipinski definition) is 2. The van der Waals surface area contributed by atoms with E-state index < -0.39 is 0 Å². The van der Waals surface area contributed by atoms with Crippen LogP contribution in [-0.4, -0.2) is 17.0 Å². The Labute approximate surface area is 122 Å². The summed E-state index contributed by atoms with van der Waals surface area (Å²) in [5.74, 6) is 1.87. The fourth-order valence-corrected chi connectivity index (χ4v) is 1.86. The molecule has 0 aliphatic heterocycles. The molecule has 6 heteroatoms. The molecule has 0 atom stereocenters. The van der Waals surface area contributed by atoms with E-state index in [4.69, 9.17) is 11.6 Å². The zero-order valence-corrected chi connectivity index (χ0v) is 12.3. The van der Waals surface area contributed by atoms with Crippen LogP contribution in [0.2, 0.25) is 5.02 Å². The standard InChI is InChI=1S/C14H16ClFN4/c1-8(2)14-19-12(17-3)7-13(20-14)18-11-5-4-9(16)6-10(11)15/h4-8H,1-3H3,(H2,17,18,19,20). The van der Waals surface area contributed by atoms with Crippen LogP contribution in [0.1, 0.15) is 25.6 Å². The van der Waals surface area contributed by atoms with E-state index in [1.54, 1.807) is 19.2 Å². The van der Waals surface area contributed by atoms with Crippen LogP contribution in [0.25, 0.3) is 0 Å². The van der Waals surface area contributed by atoms with E-state index in [9.17, 15) is 4.39 Å². The fraction of sp³-hybridized carbons (Fsp3) is 0.286. The highest BCUT2D eigenvalue weighted by Gasteiger charge is 2.09. The quantitative estimate of drug-likeness (QED) is 0.888. The number of hydrogen-bond acceptors (Lipinski definition) is 4. The molecule has 20 heavy (non-hydrogen) atoms. The van der Waals surface area contributed by atoms with Gasteiger partial charge >= 0.3 is 0 Å². The van der Waals surface area contributed by atoms with E-state index in [1.807, 2.05) is 13.8 Å². The van der Waals surface area contributed by atoms with Gasteiger partial charge in [-0.1, -0.05) is 25.4 Å². The Balaban J connectivity index is 2.34. The van der Waals surface area contributed by atoms with Gasteiger partial charge in [-0.25, -0.2) is 14.4 Å². The van der Waals surface area contributed by atoms with Crippen LogP contribution in [0.15, 0.2) is 24.3 Å². The lowest BCUT2D eigenvalue weighted by Gasteiger charge is -2.12. The van der Waals surface area contributed by atoms with Gasteiger partial charge in [-0.3, -0.25) is 0 Å². The Hall–Kier alpha value is -1.88. The molecule has 2 rings (SSSR count). The van der Waals surface area contributed by atoms with E-state index in [2.05, 4.69) is 20.6 Å². The van der Waals surface area contributed by atoms with Crippen molar-refractivity contribution in [3.8, 4) is 0 Å². The number of rotatable bonds is 4. The van der Waals surface area contributed by atoms with E-state index in [1.165, 1.54) is 12.1 Å². The molecular formula is C14H16ClFN4. The van der Waals surface area contributed by atoms with Crippen LogP contribution in [0.5, 0.6) is 0 Å². The summed E-state index contributed by atoms with van der Waals surface area (Å²) in [7, 11) is 1.79. The summed E-state index contributed by atoms with van der Waals surface area (Å²) < 4.78 is 13.0. The molecule has 0 unspecified atom stereocenters. The van der Waals surface area contributed by atoms with Crippen LogP contribution in [-0.2, 0) is 0 Å². The molecule has 0 radical (unpaired) electrons. The number of anilines is 3. The Morgan fingerprint density at radius 3 is 2.45 bits per heavy atom. The minimum Gasteiger partial charge on any atom is -0.373 e. The van der Waals surface area contributed by atoms with Crippen LogP contribution in [0.3, 0.4) is 0 Å². The first kappa shape index (κ1) is 14.5. The summed E-state index contributed by atoms with van der Waals surface area (Å²) in [5.41, 5.74) is 0.600. The molecule has 4 nitrogen and oxygen atoms in total. The molecule has 0 spiro atoms. The summed E-state index contributed by atoms with van der Waals surface area (Å²) in [5, 5.41) is 6.37. The van der Waals surface area contributed by atoms with E-state index in [-0.39, 0.29) is 11.7 Å². The predicted molar refractivity (Wildman–Crippen MR) is 80.4 cm³/mol. The van der Waals surface area contributed by atoms with Gasteiger partial charge in [0.1, 0.15) is 23.3 Å². The Morgan fingerprint density at radius 2 is 1.85 bits per heavy atom. The molecule has 0 amide bonds. The van der Waals surface area contributed by atoms with E-state index >= 15 is 0 Å². The van der Waals surface area contributed by atoms with Gasteiger partial charge in [0.05, 0.1) is 10.7 Å². The Kier molecular flexibility index (Phi) is 4.39. The molecule has 1 aromatic heterocycles. The lowest BCUT2D eigenvalue weighted by Crippen LogP contribution is -2.05. The molecular weight excluding hydrogens is 279 g/mol. The summed E-state index contributed by atoms with van der Waals surface area (Å²) in [6.45, 7) is 4.03. The molecule has 2 N–H and O–H groups in total. The first-order valence-corrected chi connectivity index (χ1v) is 6.66. The van der Waals surface area contributed by atoms with Gasteiger partial charge in [0.15, 0.2) is 0 Å². The molecule has 106 valence electrons. The lowest BCUT2D eigenvalue weighted by molar-refractivity contribution is 0.628. The van der Waals surface area contributed by atoms with Crippen molar-refractivity contribution in [2.75, 3.05) is 17.7 Å². The van der Waals surface area contributed by atoms with Gasteiger partial charge in [0.25, 0.3) is 0 Å². The maximum absolute atomic E-state index is 13.0. The monoisotopic (exact) mass is 294 g/mol. The predicted octanol–water partition coefficient (Wildman–Crippen LogP) is 4.18. The fourth-order valence-electron chi connectivity index (χ4n) is 1.65. The average Bonchev–Trinajstić information content (AvgIpc) is 2.41. The zero-order chi connectivity index (χ0) is 14.7. The van der Waals surface area contributed by atoms with E-state index in [0.717, 1.165) is 5.82 Å². The molecule has 0 fully saturated rings. The van der Waals surface area contributed by atoms with Crippen molar-refractivity contribution in [2.45, 2.75) is 19.8 Å². The maximum atomic E-state index is 13.0. The summed E-state index contributed by atoms with van der Waals surface area (Å²) in [6.07, 6.45) is 0. The van der Waals surface area contributed by atoms with Gasteiger partial charge in [0, 0.05) is 19.0 Å². The molecule has 0 aliphatic carbocycles. The van der Waals surface area contributed by atoms with Gasteiger partial charge in [-0.05, 0) is 18.2 Å². The highest BCUT2D eigenvalue weighted by atomic mass is 35.5. The van der Waals surface area contributed by atoms with Crippen molar-refractivity contribution in [1.29, 1.82) is 0 Å². The second-order valence-corrected chi connectivity index (χ2v) is 5.06. The zero-order valence-electron chi connectivity index (χ0n) is 11.5. The molecule has 0 aliphatic rings. The SMILES string of the molecule is CNc1cc(Nc2ccc(F)cc2Cl)nc(C(C)C)n1. The van der Waals surface area contributed by atoms with Crippen LogP contribution < -0.4 is 10.6 Å². The van der Waals surface area contributed by atoms with Crippen molar-refractivity contribution in [3.05, 3.63) is 40.9 Å². The second kappa shape index (κ2) is 6.05. The van der Waals surface area contributed by atoms with E-state index in [0.29, 0.717) is 22.3 Å². The Morgan fingerprint density at radius 1 is 1.15 bits per heavy atom. The molecule has 0 saturated carbocycles. The van der Waals surface area contributed by atoms with Crippen molar-refractivity contribution in [1.82, 2.24) is 9.97 Å². The minimum atomic E-state index is -0.373. The summed E-state index contributed by atoms with van der Waals surface area (Å²) in [4.78, 5) is 8.80. The summed E-state index contributed by atoms with van der Waals surface area (Å²) in [6, 6.07) is 5.95. The molecule has 0 saturated heterocycles. The van der Waals surface area contributed by atoms with Gasteiger partial charge in [-0.15, -0.1) is 0 Å². The molecule has 2 aromatic rings. The third kappa shape index (κ3) is 3.36. The molecule has 1 aromatic carbocycles. The highest BCUT2D eigenvalue weighted by Crippen LogP contribution is 2.26. The Bertz CT molecular complexity index is 616. The minimum absolute atomic E-state index is 0.201. The largest absolute Gasteiger partial charge is 0.373 e.